The van der Waals surface area contributed by atoms with Crippen LogP contribution in [0.2, 0.25) is 0 Å². The average molecular weight is 372 g/mol. The van der Waals surface area contributed by atoms with E-state index in [-0.39, 0.29) is 6.03 Å². The van der Waals surface area contributed by atoms with Crippen molar-refractivity contribution >= 4 is 6.03 Å². The first kappa shape index (κ1) is 19.3. The quantitative estimate of drug-likeness (QED) is 0.682. The van der Waals surface area contributed by atoms with E-state index in [2.05, 4.69) is 5.32 Å². The fourth-order valence-corrected chi connectivity index (χ4v) is 3.08. The zero-order valence-electron chi connectivity index (χ0n) is 15.6. The molecule has 0 radical (unpaired) electrons. The van der Waals surface area contributed by atoms with Gasteiger partial charge in [-0.3, -0.25) is 0 Å². The molecule has 6 heteroatoms. The van der Waals surface area contributed by atoms with Crippen molar-refractivity contribution in [3.8, 4) is 5.75 Å². The lowest BCUT2D eigenvalue weighted by molar-refractivity contribution is 0.103. The first-order valence-electron chi connectivity index (χ1n) is 9.62. The number of hydrogen-bond donors (Lipinski definition) is 1. The first-order valence-corrected chi connectivity index (χ1v) is 9.62. The Bertz CT molecular complexity index is 652. The normalized spacial score (nSPS) is 14.9. The van der Waals surface area contributed by atoms with E-state index in [1.165, 1.54) is 0 Å². The molecule has 1 aromatic heterocycles. The number of ether oxygens (including phenoxy) is 2. The van der Waals surface area contributed by atoms with Crippen LogP contribution in [0.4, 0.5) is 4.79 Å². The molecule has 0 unspecified atom stereocenters. The van der Waals surface area contributed by atoms with Gasteiger partial charge in [0.1, 0.15) is 18.1 Å². The second-order valence-corrected chi connectivity index (χ2v) is 6.77. The number of furan rings is 1. The van der Waals surface area contributed by atoms with Crippen LogP contribution >= 0.6 is 0 Å². The van der Waals surface area contributed by atoms with Crippen LogP contribution in [0.1, 0.15) is 25.0 Å². The number of carbonyl (C=O) groups excluding carboxylic acids is 1. The van der Waals surface area contributed by atoms with Gasteiger partial charge >= 0.3 is 6.03 Å². The third kappa shape index (κ3) is 6.64. The maximum Gasteiger partial charge on any atom is 0.317 e. The van der Waals surface area contributed by atoms with Crippen LogP contribution in [0, 0.1) is 5.92 Å². The molecule has 1 aliphatic heterocycles. The molecule has 2 aromatic rings. The Hall–Kier alpha value is -2.47. The molecule has 3 rings (SSSR count). The second-order valence-electron chi connectivity index (χ2n) is 6.77. The van der Waals surface area contributed by atoms with Crippen LogP contribution in [0.15, 0.2) is 53.1 Å². The van der Waals surface area contributed by atoms with Gasteiger partial charge in [-0.2, -0.15) is 0 Å². The number of amides is 2. The predicted molar refractivity (Wildman–Crippen MR) is 103 cm³/mol. The van der Waals surface area contributed by atoms with Gasteiger partial charge in [-0.15, -0.1) is 0 Å². The van der Waals surface area contributed by atoms with Gasteiger partial charge in [0.2, 0.25) is 0 Å². The summed E-state index contributed by atoms with van der Waals surface area (Å²) in [6.45, 7) is 3.97. The van der Waals surface area contributed by atoms with E-state index >= 15 is 0 Å². The molecule has 1 aliphatic rings. The number of hydrogen-bond acceptors (Lipinski definition) is 4. The highest BCUT2D eigenvalue weighted by molar-refractivity contribution is 5.74. The van der Waals surface area contributed by atoms with Gasteiger partial charge in [-0.05, 0) is 49.4 Å². The summed E-state index contributed by atoms with van der Waals surface area (Å²) < 4.78 is 16.5. The van der Waals surface area contributed by atoms with E-state index in [4.69, 9.17) is 13.9 Å². The Morgan fingerprint density at radius 2 is 1.96 bits per heavy atom. The minimum atomic E-state index is 0.0171. The van der Waals surface area contributed by atoms with Crippen LogP contribution in [0.3, 0.4) is 0 Å². The van der Waals surface area contributed by atoms with Gasteiger partial charge < -0.3 is 24.1 Å². The lowest BCUT2D eigenvalue weighted by Crippen LogP contribution is -2.45. The van der Waals surface area contributed by atoms with Gasteiger partial charge in [0.15, 0.2) is 0 Å². The Balaban J connectivity index is 1.23. The molecule has 0 spiro atoms. The van der Waals surface area contributed by atoms with Crippen molar-refractivity contribution < 1.29 is 18.7 Å². The van der Waals surface area contributed by atoms with Crippen molar-refractivity contribution in [2.75, 3.05) is 32.8 Å². The molecule has 0 saturated carbocycles. The number of urea groups is 1. The minimum absolute atomic E-state index is 0.0171. The lowest BCUT2D eigenvalue weighted by atomic mass is 9.98. The van der Waals surface area contributed by atoms with Gasteiger partial charge in [-0.25, -0.2) is 4.79 Å². The summed E-state index contributed by atoms with van der Waals surface area (Å²) in [5.74, 6) is 2.23. The largest absolute Gasteiger partial charge is 0.493 e. The Labute approximate surface area is 160 Å². The number of rotatable bonds is 9. The Morgan fingerprint density at radius 3 is 2.70 bits per heavy atom. The zero-order chi connectivity index (χ0) is 18.7. The lowest BCUT2D eigenvalue weighted by Gasteiger charge is -2.31. The zero-order valence-corrected chi connectivity index (χ0v) is 15.6. The molecule has 2 heterocycles. The molecule has 0 aliphatic carbocycles. The summed E-state index contributed by atoms with van der Waals surface area (Å²) in [7, 11) is 0. The SMILES string of the molecule is O=C(NCCCOCc1ccco1)N1CCC(COc2ccccc2)CC1. The second kappa shape index (κ2) is 10.6. The fourth-order valence-electron chi connectivity index (χ4n) is 3.08. The first-order chi connectivity index (χ1) is 13.3. The molecular weight excluding hydrogens is 344 g/mol. The number of benzene rings is 1. The Kier molecular flexibility index (Phi) is 7.59. The van der Waals surface area contributed by atoms with Crippen molar-refractivity contribution in [3.63, 3.8) is 0 Å². The van der Waals surface area contributed by atoms with Gasteiger partial charge in [0.05, 0.1) is 12.9 Å². The number of carbonyl (C=O) groups is 1. The van der Waals surface area contributed by atoms with Crippen molar-refractivity contribution in [1.29, 1.82) is 0 Å². The summed E-state index contributed by atoms with van der Waals surface area (Å²) in [6, 6.07) is 13.6. The van der Waals surface area contributed by atoms with E-state index in [1.54, 1.807) is 6.26 Å². The molecule has 2 amide bonds. The molecule has 1 N–H and O–H groups in total. The monoisotopic (exact) mass is 372 g/mol. The number of nitrogens with one attached hydrogen (secondary N) is 1. The maximum atomic E-state index is 12.2. The van der Waals surface area contributed by atoms with E-state index < -0.39 is 0 Å². The van der Waals surface area contributed by atoms with Crippen molar-refractivity contribution in [1.82, 2.24) is 10.2 Å². The van der Waals surface area contributed by atoms with Crippen LogP contribution in [-0.2, 0) is 11.3 Å². The summed E-state index contributed by atoms with van der Waals surface area (Å²) in [5, 5.41) is 2.97. The summed E-state index contributed by atoms with van der Waals surface area (Å²) in [6.07, 6.45) is 4.38. The van der Waals surface area contributed by atoms with Crippen LogP contribution < -0.4 is 10.1 Å². The topological polar surface area (TPSA) is 63.9 Å². The molecule has 1 fully saturated rings. The van der Waals surface area contributed by atoms with Gasteiger partial charge in [0.25, 0.3) is 0 Å². The predicted octanol–water partition coefficient (Wildman–Crippen LogP) is 3.69. The summed E-state index contributed by atoms with van der Waals surface area (Å²) >= 11 is 0. The van der Waals surface area contributed by atoms with E-state index in [0.29, 0.717) is 32.3 Å². The maximum absolute atomic E-state index is 12.2. The molecule has 1 saturated heterocycles. The van der Waals surface area contributed by atoms with Gasteiger partial charge in [0, 0.05) is 26.2 Å². The van der Waals surface area contributed by atoms with Crippen molar-refractivity contribution in [2.45, 2.75) is 25.9 Å². The third-order valence-corrected chi connectivity index (χ3v) is 4.70. The minimum Gasteiger partial charge on any atom is -0.493 e. The Morgan fingerprint density at radius 1 is 1.15 bits per heavy atom. The number of likely N-dealkylation sites (tertiary alicyclic amines) is 1. The standard InChI is InChI=1S/C21H28N2O4/c24-21(22-11-5-14-25-17-20-8-4-15-26-20)23-12-9-18(10-13-23)16-27-19-6-2-1-3-7-19/h1-4,6-8,15,18H,5,9-14,16-17H2,(H,22,24). The van der Waals surface area contributed by atoms with Crippen LogP contribution in [0.5, 0.6) is 5.75 Å². The highest BCUT2D eigenvalue weighted by Gasteiger charge is 2.22. The van der Waals surface area contributed by atoms with E-state index in [0.717, 1.165) is 43.9 Å². The van der Waals surface area contributed by atoms with Crippen molar-refractivity contribution in [2.24, 2.45) is 5.92 Å². The van der Waals surface area contributed by atoms with Crippen LogP contribution in [-0.4, -0.2) is 43.8 Å². The molecule has 0 atom stereocenters. The molecule has 0 bridgehead atoms. The van der Waals surface area contributed by atoms with Crippen molar-refractivity contribution in [3.05, 3.63) is 54.5 Å². The van der Waals surface area contributed by atoms with E-state index in [1.807, 2.05) is 47.4 Å². The third-order valence-electron chi connectivity index (χ3n) is 4.70. The number of nitrogens with zero attached hydrogens (tertiary/aromatic N) is 1. The van der Waals surface area contributed by atoms with Crippen LogP contribution in [0.25, 0.3) is 0 Å². The molecule has 1 aromatic carbocycles. The highest BCUT2D eigenvalue weighted by atomic mass is 16.5. The molecular formula is C21H28N2O4. The molecule has 146 valence electrons. The van der Waals surface area contributed by atoms with E-state index in [9.17, 15) is 4.79 Å². The summed E-state index contributed by atoms with van der Waals surface area (Å²) in [4.78, 5) is 14.1. The average Bonchev–Trinajstić information content (AvgIpc) is 3.23. The fraction of sp³-hybridized carbons (Fsp3) is 0.476. The highest BCUT2D eigenvalue weighted by Crippen LogP contribution is 2.19. The smallest absolute Gasteiger partial charge is 0.317 e. The number of para-hydroxylation sites is 1. The summed E-state index contributed by atoms with van der Waals surface area (Å²) in [5.41, 5.74) is 0. The molecule has 27 heavy (non-hydrogen) atoms. The molecule has 6 nitrogen and oxygen atoms in total. The number of piperidine rings is 1. The van der Waals surface area contributed by atoms with Gasteiger partial charge in [-0.1, -0.05) is 18.2 Å².